The molecule has 0 radical (unpaired) electrons. The summed E-state index contributed by atoms with van der Waals surface area (Å²) in [6, 6.07) is -1.59. The Bertz CT molecular complexity index is 982. The van der Waals surface area contributed by atoms with E-state index in [1.807, 2.05) is 0 Å². The molecule has 22 nitrogen and oxygen atoms in total. The molecule has 48 heavy (non-hydrogen) atoms. The van der Waals surface area contributed by atoms with Gasteiger partial charge in [0.25, 0.3) is 0 Å². The lowest BCUT2D eigenvalue weighted by Crippen LogP contribution is -2.66. The van der Waals surface area contributed by atoms with Crippen LogP contribution in [0.1, 0.15) is 6.92 Å². The molecule has 0 aromatic rings. The lowest BCUT2D eigenvalue weighted by molar-refractivity contribution is -0.335. The van der Waals surface area contributed by atoms with Gasteiger partial charge in [0, 0.05) is 6.92 Å². The number of carbonyl (C=O) groups is 1. The summed E-state index contributed by atoms with van der Waals surface area (Å²) in [4.78, 5) is 12.0. The van der Waals surface area contributed by atoms with E-state index in [4.69, 9.17) is 28.4 Å². The topological polar surface area (TPSA) is 368 Å². The van der Waals surface area contributed by atoms with Crippen molar-refractivity contribution in [3.05, 3.63) is 0 Å². The predicted octanol–water partition coefficient (Wildman–Crippen LogP) is -9.97. The van der Waals surface area contributed by atoms with Crippen LogP contribution in [-0.4, -0.2) is 227 Å². The molecular weight excluding hydrogens is 662 g/mol. The molecule has 3 rings (SSSR count). The van der Waals surface area contributed by atoms with Crippen molar-refractivity contribution in [2.24, 2.45) is 0 Å². The third-order valence-electron chi connectivity index (χ3n) is 8.26. The van der Waals surface area contributed by atoms with Crippen molar-refractivity contribution >= 4 is 5.91 Å². The standard InChI is InChI=1S/C26H47NO21/c1-7(33)27-13-18(40)16(38)11(5-31)43-24(13)48-23-22(47-25-20(42)19(41)17(39)12(6-32)44-25)21(9(35)3-29)46-26(23)45-10(4-30)15(37)14(36)8(34)2-28/h8-26,28-32,34-42H,2-6H2,1H3,(H,27,33)/t8-,9-,10+,11-,12-,13-,14+,15-,16-,17+,18-,19+,20-,21+,22+,23-,24-,25-,26+/m1/s1. The number of rotatable bonds is 16. The van der Waals surface area contributed by atoms with E-state index in [0.29, 0.717) is 0 Å². The maximum absolute atomic E-state index is 12.0. The van der Waals surface area contributed by atoms with Crippen molar-refractivity contribution in [3.8, 4) is 0 Å². The molecule has 3 fully saturated rings. The monoisotopic (exact) mass is 709 g/mol. The zero-order valence-electron chi connectivity index (χ0n) is 25.6. The van der Waals surface area contributed by atoms with Gasteiger partial charge in [-0.1, -0.05) is 0 Å². The number of nitrogens with one attached hydrogen (secondary N) is 1. The maximum Gasteiger partial charge on any atom is 0.217 e. The van der Waals surface area contributed by atoms with Crippen LogP contribution in [0, 0.1) is 0 Å². The molecule has 0 aliphatic carbocycles. The first-order valence-corrected chi connectivity index (χ1v) is 15.0. The lowest BCUT2D eigenvalue weighted by Gasteiger charge is -2.44. The van der Waals surface area contributed by atoms with E-state index in [1.165, 1.54) is 0 Å². The molecule has 3 aliphatic rings. The van der Waals surface area contributed by atoms with Crippen molar-refractivity contribution in [1.82, 2.24) is 5.32 Å². The van der Waals surface area contributed by atoms with E-state index in [2.05, 4.69) is 5.32 Å². The minimum Gasteiger partial charge on any atom is -0.394 e. The number of ether oxygens (including phenoxy) is 6. The Kier molecular flexibility index (Phi) is 15.6. The van der Waals surface area contributed by atoms with E-state index in [0.717, 1.165) is 6.92 Å². The normalized spacial score (nSPS) is 42.1. The van der Waals surface area contributed by atoms with Crippen molar-refractivity contribution in [2.45, 2.75) is 123 Å². The van der Waals surface area contributed by atoms with Crippen LogP contribution in [0.5, 0.6) is 0 Å². The summed E-state index contributed by atoms with van der Waals surface area (Å²) in [5.74, 6) is -0.746. The largest absolute Gasteiger partial charge is 0.394 e. The molecule has 15 N–H and O–H groups in total. The molecule has 0 spiro atoms. The summed E-state index contributed by atoms with van der Waals surface area (Å²) in [6.45, 7) is -3.79. The zero-order chi connectivity index (χ0) is 36.0. The van der Waals surface area contributed by atoms with E-state index >= 15 is 0 Å². The van der Waals surface area contributed by atoms with Crippen molar-refractivity contribution in [1.29, 1.82) is 0 Å². The first-order valence-electron chi connectivity index (χ1n) is 15.0. The third kappa shape index (κ3) is 9.12. The van der Waals surface area contributed by atoms with Crippen LogP contribution in [0.2, 0.25) is 0 Å². The highest BCUT2D eigenvalue weighted by molar-refractivity contribution is 5.73. The number of hydrogen-bond donors (Lipinski definition) is 15. The Morgan fingerprint density at radius 3 is 1.75 bits per heavy atom. The average molecular weight is 710 g/mol. The highest BCUT2D eigenvalue weighted by Gasteiger charge is 2.57. The quantitative estimate of drug-likeness (QED) is 0.0707. The number of aliphatic hydroxyl groups excluding tert-OH is 14. The molecular formula is C26H47NO21. The molecule has 0 aromatic heterocycles. The van der Waals surface area contributed by atoms with Crippen molar-refractivity contribution in [3.63, 3.8) is 0 Å². The first kappa shape index (κ1) is 41.1. The van der Waals surface area contributed by atoms with Gasteiger partial charge in [-0.3, -0.25) is 4.79 Å². The highest BCUT2D eigenvalue weighted by atomic mass is 16.8. The molecule has 19 atom stereocenters. The molecule has 0 bridgehead atoms. The minimum atomic E-state index is -2.12. The smallest absolute Gasteiger partial charge is 0.217 e. The van der Waals surface area contributed by atoms with Gasteiger partial charge < -0.3 is 105 Å². The molecule has 3 heterocycles. The predicted molar refractivity (Wildman–Crippen MR) is 148 cm³/mol. The van der Waals surface area contributed by atoms with Crippen LogP contribution in [0.15, 0.2) is 0 Å². The van der Waals surface area contributed by atoms with Crippen molar-refractivity contribution in [2.75, 3.05) is 33.0 Å². The maximum atomic E-state index is 12.0. The minimum absolute atomic E-state index is 0.746. The molecule has 0 unspecified atom stereocenters. The molecule has 3 aliphatic heterocycles. The fourth-order valence-corrected chi connectivity index (χ4v) is 5.51. The lowest BCUT2D eigenvalue weighted by atomic mass is 9.96. The molecule has 0 aromatic carbocycles. The summed E-state index contributed by atoms with van der Waals surface area (Å²) in [5.41, 5.74) is 0. The Labute approximate surface area is 272 Å². The fraction of sp³-hybridized carbons (Fsp3) is 0.962. The van der Waals surface area contributed by atoms with E-state index in [-0.39, 0.29) is 0 Å². The van der Waals surface area contributed by atoms with Crippen LogP contribution in [0.25, 0.3) is 0 Å². The first-order chi connectivity index (χ1) is 22.6. The average Bonchev–Trinajstić information content (AvgIpc) is 3.40. The summed E-state index contributed by atoms with van der Waals surface area (Å²) in [5, 5.41) is 144. The van der Waals surface area contributed by atoms with E-state index in [9.17, 15) is 76.3 Å². The highest BCUT2D eigenvalue weighted by Crippen LogP contribution is 2.36. The van der Waals surface area contributed by atoms with Gasteiger partial charge in [-0.05, 0) is 0 Å². The Morgan fingerprint density at radius 1 is 0.667 bits per heavy atom. The second kappa shape index (κ2) is 18.2. The van der Waals surface area contributed by atoms with Gasteiger partial charge in [0.15, 0.2) is 18.9 Å². The Balaban J connectivity index is 2.06. The number of hydrogen-bond acceptors (Lipinski definition) is 21. The molecule has 3 saturated heterocycles. The van der Waals surface area contributed by atoms with Crippen molar-refractivity contribution < 1.29 is 105 Å². The molecule has 282 valence electrons. The van der Waals surface area contributed by atoms with Crippen LogP contribution >= 0.6 is 0 Å². The van der Waals surface area contributed by atoms with Gasteiger partial charge in [0.1, 0.15) is 97.6 Å². The van der Waals surface area contributed by atoms with Gasteiger partial charge in [-0.25, -0.2) is 0 Å². The fourth-order valence-electron chi connectivity index (χ4n) is 5.51. The van der Waals surface area contributed by atoms with Gasteiger partial charge >= 0.3 is 0 Å². The second-order valence-corrected chi connectivity index (χ2v) is 11.6. The molecule has 1 amide bonds. The van der Waals surface area contributed by atoms with Gasteiger partial charge in [-0.2, -0.15) is 0 Å². The SMILES string of the molecule is CC(=O)N[C@H]1[C@@H](O[C@H]2[C@@H](O[C@@H](CO)[C@@H](O)[C@@H](O)[C@H](O)CO)O[C@@H]([C@H](O)CO)[C@@H]2O[C@H]2O[C@H](CO)[C@H](O)[C@H](O)[C@H]2O)O[C@H](CO)[C@@H](O)[C@@H]1O. The van der Waals surface area contributed by atoms with Crippen LogP contribution in [0.3, 0.4) is 0 Å². The van der Waals surface area contributed by atoms with Gasteiger partial charge in [-0.15, -0.1) is 0 Å². The second-order valence-electron chi connectivity index (χ2n) is 11.6. The van der Waals surface area contributed by atoms with Crippen LogP contribution in [0.4, 0.5) is 0 Å². The van der Waals surface area contributed by atoms with Gasteiger partial charge in [0.2, 0.25) is 5.91 Å². The third-order valence-corrected chi connectivity index (χ3v) is 8.26. The van der Waals surface area contributed by atoms with Crippen LogP contribution in [-0.2, 0) is 33.2 Å². The summed E-state index contributed by atoms with van der Waals surface area (Å²) >= 11 is 0. The number of amides is 1. The number of carbonyl (C=O) groups excluding carboxylic acids is 1. The Morgan fingerprint density at radius 2 is 1.23 bits per heavy atom. The van der Waals surface area contributed by atoms with Gasteiger partial charge in [0.05, 0.1) is 33.0 Å². The van der Waals surface area contributed by atoms with E-state index < -0.39 is 155 Å². The zero-order valence-corrected chi connectivity index (χ0v) is 25.6. The Hall–Kier alpha value is -1.33. The van der Waals surface area contributed by atoms with Crippen LogP contribution < -0.4 is 5.32 Å². The molecule has 22 heteroatoms. The summed E-state index contributed by atoms with van der Waals surface area (Å²) in [7, 11) is 0. The number of aliphatic hydroxyl groups is 14. The summed E-state index contributed by atoms with van der Waals surface area (Å²) in [6.07, 6.45) is -33.3. The summed E-state index contributed by atoms with van der Waals surface area (Å²) < 4.78 is 34.2. The molecule has 0 saturated carbocycles. The van der Waals surface area contributed by atoms with E-state index in [1.54, 1.807) is 0 Å².